The van der Waals surface area contributed by atoms with Crippen LogP contribution in [0.15, 0.2) is 84.5 Å². The molecule has 0 fully saturated rings. The quantitative estimate of drug-likeness (QED) is 0.636. The predicted molar refractivity (Wildman–Crippen MR) is 80.2 cm³/mol. The number of hydrogen-bond acceptors (Lipinski definition) is 0. The molecule has 0 saturated carbocycles. The van der Waals surface area contributed by atoms with Crippen LogP contribution in [0.3, 0.4) is 0 Å². The van der Waals surface area contributed by atoms with Crippen molar-refractivity contribution in [3.8, 4) is 0 Å². The zero-order chi connectivity index (χ0) is 14.2. The summed E-state index contributed by atoms with van der Waals surface area (Å²) < 4.78 is 27.1. The standard InChI is InChI=1S/C18H14F2/c19-17(13-11-15-7-3-1-4-8-15)18(20)14-12-16-9-5-2-6-10-16/h1-14H. The minimum absolute atomic E-state index is 0.822. The molecule has 2 rings (SSSR count). The van der Waals surface area contributed by atoms with Gasteiger partial charge in [0.15, 0.2) is 11.7 Å². The van der Waals surface area contributed by atoms with E-state index in [2.05, 4.69) is 0 Å². The first-order valence-electron chi connectivity index (χ1n) is 6.27. The van der Waals surface area contributed by atoms with Crippen molar-refractivity contribution < 1.29 is 8.78 Å². The second-order valence-corrected chi connectivity index (χ2v) is 4.18. The third kappa shape index (κ3) is 4.32. The summed E-state index contributed by atoms with van der Waals surface area (Å²) in [6, 6.07) is 18.4. The lowest BCUT2D eigenvalue weighted by molar-refractivity contribution is 0.574. The van der Waals surface area contributed by atoms with Crippen LogP contribution in [0.4, 0.5) is 8.78 Å². The van der Waals surface area contributed by atoms with Crippen LogP contribution in [0.1, 0.15) is 11.1 Å². The van der Waals surface area contributed by atoms with Crippen molar-refractivity contribution in [2.24, 2.45) is 0 Å². The molecule has 2 aromatic carbocycles. The Bertz CT molecular complexity index is 565. The molecule has 0 atom stereocenters. The average Bonchev–Trinajstić information content (AvgIpc) is 2.52. The van der Waals surface area contributed by atoms with Gasteiger partial charge in [0, 0.05) is 0 Å². The predicted octanol–water partition coefficient (Wildman–Crippen LogP) is 5.56. The SMILES string of the molecule is FC(C=Cc1ccccc1)=C(F)C=Cc1ccccc1. The average molecular weight is 268 g/mol. The Kier molecular flexibility index (Phi) is 5.01. The number of benzene rings is 2. The monoisotopic (exact) mass is 268 g/mol. The molecule has 0 saturated heterocycles. The van der Waals surface area contributed by atoms with Crippen LogP contribution in [0.25, 0.3) is 12.2 Å². The normalized spacial score (nSPS) is 12.9. The van der Waals surface area contributed by atoms with Gasteiger partial charge in [0.25, 0.3) is 0 Å². The molecule has 0 N–H and O–H groups in total. The summed E-state index contributed by atoms with van der Waals surface area (Å²) in [5, 5.41) is 0. The third-order valence-electron chi connectivity index (χ3n) is 2.67. The van der Waals surface area contributed by atoms with Gasteiger partial charge >= 0.3 is 0 Å². The van der Waals surface area contributed by atoms with Crippen LogP contribution in [-0.4, -0.2) is 0 Å². The minimum atomic E-state index is -0.888. The van der Waals surface area contributed by atoms with Crippen molar-refractivity contribution in [3.63, 3.8) is 0 Å². The molecule has 100 valence electrons. The van der Waals surface area contributed by atoms with Gasteiger partial charge in [0.1, 0.15) is 0 Å². The zero-order valence-corrected chi connectivity index (χ0v) is 10.8. The lowest BCUT2D eigenvalue weighted by atomic mass is 10.2. The van der Waals surface area contributed by atoms with E-state index in [9.17, 15) is 8.78 Å². The third-order valence-corrected chi connectivity index (χ3v) is 2.67. The molecule has 0 aliphatic rings. The van der Waals surface area contributed by atoms with Gasteiger partial charge in [-0.1, -0.05) is 72.8 Å². The molecule has 0 aromatic heterocycles. The molecule has 0 spiro atoms. The van der Waals surface area contributed by atoms with Crippen molar-refractivity contribution in [1.29, 1.82) is 0 Å². The second-order valence-electron chi connectivity index (χ2n) is 4.18. The molecule has 0 unspecified atom stereocenters. The maximum atomic E-state index is 13.6. The number of halogens is 2. The van der Waals surface area contributed by atoms with E-state index in [0.29, 0.717) is 0 Å². The summed E-state index contributed by atoms with van der Waals surface area (Å²) in [7, 11) is 0. The van der Waals surface area contributed by atoms with Crippen LogP contribution in [-0.2, 0) is 0 Å². The van der Waals surface area contributed by atoms with Gasteiger partial charge in [0.2, 0.25) is 0 Å². The van der Waals surface area contributed by atoms with Gasteiger partial charge in [-0.25, -0.2) is 8.78 Å². The summed E-state index contributed by atoms with van der Waals surface area (Å²) >= 11 is 0. The molecular weight excluding hydrogens is 254 g/mol. The first-order valence-corrected chi connectivity index (χ1v) is 6.27. The molecule has 2 heteroatoms. The summed E-state index contributed by atoms with van der Waals surface area (Å²) in [6.07, 6.45) is 5.32. The molecule has 0 bridgehead atoms. The van der Waals surface area contributed by atoms with Crippen molar-refractivity contribution in [1.82, 2.24) is 0 Å². The molecule has 0 heterocycles. The smallest absolute Gasteiger partial charge is 0.158 e. The fraction of sp³-hybridized carbons (Fsp3) is 0. The van der Waals surface area contributed by atoms with Crippen LogP contribution < -0.4 is 0 Å². The summed E-state index contributed by atoms with van der Waals surface area (Å²) in [5.41, 5.74) is 1.64. The van der Waals surface area contributed by atoms with E-state index in [1.165, 1.54) is 12.2 Å². The Morgan fingerprint density at radius 2 is 0.950 bits per heavy atom. The Hall–Kier alpha value is -2.48. The zero-order valence-electron chi connectivity index (χ0n) is 10.8. The molecule has 2 aromatic rings. The Balaban J connectivity index is 2.08. The highest BCUT2D eigenvalue weighted by atomic mass is 19.2. The van der Waals surface area contributed by atoms with Crippen molar-refractivity contribution in [2.75, 3.05) is 0 Å². The Morgan fingerprint density at radius 3 is 1.30 bits per heavy atom. The Morgan fingerprint density at radius 1 is 0.600 bits per heavy atom. The first kappa shape index (κ1) is 13.9. The van der Waals surface area contributed by atoms with Gasteiger partial charge in [-0.3, -0.25) is 0 Å². The highest BCUT2D eigenvalue weighted by Gasteiger charge is 1.98. The molecule has 20 heavy (non-hydrogen) atoms. The maximum Gasteiger partial charge on any atom is 0.158 e. The van der Waals surface area contributed by atoms with E-state index in [0.717, 1.165) is 23.3 Å². The second kappa shape index (κ2) is 7.19. The number of rotatable bonds is 4. The van der Waals surface area contributed by atoms with Crippen LogP contribution in [0.2, 0.25) is 0 Å². The van der Waals surface area contributed by atoms with E-state index in [1.807, 2.05) is 60.7 Å². The van der Waals surface area contributed by atoms with Gasteiger partial charge in [-0.2, -0.15) is 0 Å². The lowest BCUT2D eigenvalue weighted by Gasteiger charge is -1.93. The largest absolute Gasteiger partial charge is 0.204 e. The van der Waals surface area contributed by atoms with Gasteiger partial charge in [0.05, 0.1) is 0 Å². The minimum Gasteiger partial charge on any atom is -0.204 e. The molecule has 0 amide bonds. The molecular formula is C18H14F2. The van der Waals surface area contributed by atoms with Gasteiger partial charge in [-0.15, -0.1) is 0 Å². The first-order chi connectivity index (χ1) is 9.75. The van der Waals surface area contributed by atoms with E-state index in [-0.39, 0.29) is 0 Å². The van der Waals surface area contributed by atoms with Gasteiger partial charge in [-0.05, 0) is 23.3 Å². The number of hydrogen-bond donors (Lipinski definition) is 0. The van der Waals surface area contributed by atoms with Crippen LogP contribution >= 0.6 is 0 Å². The lowest BCUT2D eigenvalue weighted by Crippen LogP contribution is -1.75. The topological polar surface area (TPSA) is 0 Å². The van der Waals surface area contributed by atoms with E-state index >= 15 is 0 Å². The van der Waals surface area contributed by atoms with Crippen molar-refractivity contribution >= 4 is 12.2 Å². The molecule has 0 radical (unpaired) electrons. The highest BCUT2D eigenvalue weighted by Crippen LogP contribution is 2.15. The van der Waals surface area contributed by atoms with E-state index in [4.69, 9.17) is 0 Å². The number of allylic oxidation sites excluding steroid dienone is 4. The molecule has 0 nitrogen and oxygen atoms in total. The highest BCUT2D eigenvalue weighted by molar-refractivity contribution is 5.55. The van der Waals surface area contributed by atoms with Crippen LogP contribution in [0, 0.1) is 0 Å². The Labute approximate surface area is 117 Å². The molecule has 0 aliphatic heterocycles. The maximum absolute atomic E-state index is 13.6. The summed E-state index contributed by atoms with van der Waals surface area (Å²) in [4.78, 5) is 0. The van der Waals surface area contributed by atoms with Gasteiger partial charge < -0.3 is 0 Å². The summed E-state index contributed by atoms with van der Waals surface area (Å²) in [5.74, 6) is -1.78. The van der Waals surface area contributed by atoms with Crippen LogP contribution in [0.5, 0.6) is 0 Å². The van der Waals surface area contributed by atoms with Crippen molar-refractivity contribution in [3.05, 3.63) is 95.6 Å². The van der Waals surface area contributed by atoms with E-state index < -0.39 is 11.7 Å². The van der Waals surface area contributed by atoms with E-state index in [1.54, 1.807) is 0 Å². The fourth-order valence-corrected chi connectivity index (χ4v) is 1.63. The van der Waals surface area contributed by atoms with Crippen molar-refractivity contribution in [2.45, 2.75) is 0 Å². The fourth-order valence-electron chi connectivity index (χ4n) is 1.63. The summed E-state index contributed by atoms with van der Waals surface area (Å²) in [6.45, 7) is 0. The molecule has 0 aliphatic carbocycles.